The van der Waals surface area contributed by atoms with Gasteiger partial charge < -0.3 is 20.9 Å². The fourth-order valence-corrected chi connectivity index (χ4v) is 3.02. The lowest BCUT2D eigenvalue weighted by Crippen LogP contribution is -2.22. The minimum absolute atomic E-state index is 0.0901. The molecule has 0 aliphatic carbocycles. The topological polar surface area (TPSA) is 106 Å². The van der Waals surface area contributed by atoms with E-state index in [1.165, 1.54) is 0 Å². The molecule has 0 saturated heterocycles. The molecular formula is C20H25N5O2. The summed E-state index contributed by atoms with van der Waals surface area (Å²) in [7, 11) is 0. The molecule has 0 aliphatic heterocycles. The van der Waals surface area contributed by atoms with Crippen molar-refractivity contribution in [3.05, 3.63) is 48.4 Å². The molecule has 27 heavy (non-hydrogen) atoms. The van der Waals surface area contributed by atoms with Gasteiger partial charge in [0.25, 0.3) is 0 Å². The fraction of sp³-hybridized carbons (Fsp3) is 0.350. The second-order valence-corrected chi connectivity index (χ2v) is 6.35. The Hall–Kier alpha value is -2.93. The summed E-state index contributed by atoms with van der Waals surface area (Å²) in [5.74, 6) is 1.22. The summed E-state index contributed by atoms with van der Waals surface area (Å²) >= 11 is 0. The van der Waals surface area contributed by atoms with Crippen molar-refractivity contribution in [3.63, 3.8) is 0 Å². The van der Waals surface area contributed by atoms with E-state index in [9.17, 15) is 5.11 Å². The molecule has 1 aromatic carbocycles. The SMILES string of the molecule is CCC[C@@H](CCO)Nc1nc(N)ncc1OCc1nccc2ccccc12. The lowest BCUT2D eigenvalue weighted by molar-refractivity contribution is 0.275. The van der Waals surface area contributed by atoms with Gasteiger partial charge in [-0.05, 0) is 24.3 Å². The number of rotatable bonds is 9. The maximum absolute atomic E-state index is 9.28. The van der Waals surface area contributed by atoms with Crippen molar-refractivity contribution in [2.45, 2.75) is 38.8 Å². The van der Waals surface area contributed by atoms with Crippen LogP contribution < -0.4 is 15.8 Å². The first-order chi connectivity index (χ1) is 13.2. The number of ether oxygens (including phenoxy) is 1. The zero-order chi connectivity index (χ0) is 19.1. The van der Waals surface area contributed by atoms with Gasteiger partial charge in [-0.25, -0.2) is 4.98 Å². The molecule has 142 valence electrons. The predicted octanol–water partition coefficient (Wildman–Crippen LogP) is 3.15. The summed E-state index contributed by atoms with van der Waals surface area (Å²) in [4.78, 5) is 12.8. The standard InChI is InChI=1S/C20H25N5O2/c1-2-5-15(9-11-26)24-19-18(12-23-20(21)25-19)27-13-17-16-7-4-3-6-14(16)8-10-22-17/h3-4,6-8,10,12,15,26H,2,5,9,11,13H2,1H3,(H3,21,23,24,25)/t15-/m0/s1. The molecule has 2 heterocycles. The third-order valence-corrected chi connectivity index (χ3v) is 4.35. The second kappa shape index (κ2) is 9.14. The van der Waals surface area contributed by atoms with Crippen LogP contribution in [-0.2, 0) is 6.61 Å². The average Bonchev–Trinajstić information content (AvgIpc) is 2.68. The van der Waals surface area contributed by atoms with E-state index >= 15 is 0 Å². The van der Waals surface area contributed by atoms with E-state index < -0.39 is 0 Å². The zero-order valence-corrected chi connectivity index (χ0v) is 15.4. The van der Waals surface area contributed by atoms with Crippen LogP contribution in [0.2, 0.25) is 0 Å². The van der Waals surface area contributed by atoms with Crippen molar-refractivity contribution in [1.82, 2.24) is 15.0 Å². The summed E-state index contributed by atoms with van der Waals surface area (Å²) in [6.07, 6.45) is 5.88. The smallest absolute Gasteiger partial charge is 0.222 e. The highest BCUT2D eigenvalue weighted by Gasteiger charge is 2.14. The van der Waals surface area contributed by atoms with E-state index in [4.69, 9.17) is 10.5 Å². The number of anilines is 2. The van der Waals surface area contributed by atoms with Gasteiger partial charge in [-0.15, -0.1) is 0 Å². The Bertz CT molecular complexity index is 876. The van der Waals surface area contributed by atoms with E-state index in [1.54, 1.807) is 12.4 Å². The van der Waals surface area contributed by atoms with Crippen LogP contribution in [0, 0.1) is 0 Å². The van der Waals surface area contributed by atoms with Crippen LogP contribution in [0.3, 0.4) is 0 Å². The van der Waals surface area contributed by atoms with Crippen molar-refractivity contribution in [2.24, 2.45) is 0 Å². The highest BCUT2D eigenvalue weighted by molar-refractivity contribution is 5.84. The number of hydrogen-bond donors (Lipinski definition) is 3. The Morgan fingerprint density at radius 2 is 2.04 bits per heavy atom. The first kappa shape index (κ1) is 18.8. The predicted molar refractivity (Wildman–Crippen MR) is 107 cm³/mol. The number of hydrogen-bond acceptors (Lipinski definition) is 7. The van der Waals surface area contributed by atoms with Gasteiger partial charge in [0, 0.05) is 24.2 Å². The second-order valence-electron chi connectivity index (χ2n) is 6.35. The maximum Gasteiger partial charge on any atom is 0.222 e. The number of aliphatic hydroxyl groups excluding tert-OH is 1. The summed E-state index contributed by atoms with van der Waals surface area (Å²) in [5.41, 5.74) is 6.60. The van der Waals surface area contributed by atoms with Gasteiger partial charge in [0.05, 0.1) is 11.9 Å². The summed E-state index contributed by atoms with van der Waals surface area (Å²) in [6.45, 7) is 2.50. The van der Waals surface area contributed by atoms with E-state index in [0.717, 1.165) is 29.3 Å². The fourth-order valence-electron chi connectivity index (χ4n) is 3.02. The van der Waals surface area contributed by atoms with Gasteiger partial charge in [0.2, 0.25) is 5.95 Å². The summed E-state index contributed by atoms with van der Waals surface area (Å²) in [5, 5.41) is 14.8. The quantitative estimate of drug-likeness (QED) is 0.533. The van der Waals surface area contributed by atoms with Gasteiger partial charge in [-0.2, -0.15) is 4.98 Å². The number of nitrogens with two attached hydrogens (primary N) is 1. The summed E-state index contributed by atoms with van der Waals surface area (Å²) in [6, 6.07) is 10.1. The number of pyridine rings is 1. The Morgan fingerprint density at radius 3 is 2.85 bits per heavy atom. The van der Waals surface area contributed by atoms with Crippen LogP contribution in [0.1, 0.15) is 31.9 Å². The number of benzene rings is 1. The molecule has 0 unspecified atom stereocenters. The molecule has 1 atom stereocenters. The first-order valence-corrected chi connectivity index (χ1v) is 9.16. The Balaban J connectivity index is 1.80. The van der Waals surface area contributed by atoms with Gasteiger partial charge >= 0.3 is 0 Å². The van der Waals surface area contributed by atoms with Crippen LogP contribution >= 0.6 is 0 Å². The third kappa shape index (κ3) is 4.83. The van der Waals surface area contributed by atoms with Crippen molar-refractivity contribution < 1.29 is 9.84 Å². The number of aliphatic hydroxyl groups is 1. The lowest BCUT2D eigenvalue weighted by Gasteiger charge is -2.20. The summed E-state index contributed by atoms with van der Waals surface area (Å²) < 4.78 is 5.98. The number of fused-ring (bicyclic) bond motifs is 1. The minimum atomic E-state index is 0.0901. The van der Waals surface area contributed by atoms with Gasteiger partial charge in [-0.3, -0.25) is 4.98 Å². The number of aromatic nitrogens is 3. The monoisotopic (exact) mass is 367 g/mol. The van der Waals surface area contributed by atoms with Crippen LogP contribution in [0.4, 0.5) is 11.8 Å². The van der Waals surface area contributed by atoms with Crippen LogP contribution in [0.25, 0.3) is 10.8 Å². The molecule has 0 spiro atoms. The molecule has 7 heteroatoms. The van der Waals surface area contributed by atoms with E-state index in [0.29, 0.717) is 24.6 Å². The normalized spacial score (nSPS) is 12.1. The van der Waals surface area contributed by atoms with Crippen molar-refractivity contribution >= 4 is 22.5 Å². The molecule has 0 radical (unpaired) electrons. The molecule has 0 bridgehead atoms. The Kier molecular flexibility index (Phi) is 6.38. The van der Waals surface area contributed by atoms with Crippen molar-refractivity contribution in [1.29, 1.82) is 0 Å². The van der Waals surface area contributed by atoms with Gasteiger partial charge in [-0.1, -0.05) is 37.6 Å². The van der Waals surface area contributed by atoms with Gasteiger partial charge in [0.15, 0.2) is 11.6 Å². The maximum atomic E-state index is 9.28. The lowest BCUT2D eigenvalue weighted by atomic mass is 10.1. The van der Waals surface area contributed by atoms with E-state index in [-0.39, 0.29) is 18.6 Å². The largest absolute Gasteiger partial charge is 0.482 e. The minimum Gasteiger partial charge on any atom is -0.482 e. The van der Waals surface area contributed by atoms with Crippen LogP contribution in [0.15, 0.2) is 42.7 Å². The molecule has 3 rings (SSSR count). The van der Waals surface area contributed by atoms with Crippen molar-refractivity contribution in [3.8, 4) is 5.75 Å². The number of nitrogens with one attached hydrogen (secondary N) is 1. The van der Waals surface area contributed by atoms with Crippen molar-refractivity contribution in [2.75, 3.05) is 17.7 Å². The molecule has 4 N–H and O–H groups in total. The molecule has 0 saturated carbocycles. The average molecular weight is 367 g/mol. The Labute approximate surface area is 158 Å². The highest BCUT2D eigenvalue weighted by atomic mass is 16.5. The van der Waals surface area contributed by atoms with Gasteiger partial charge in [0.1, 0.15) is 6.61 Å². The number of nitrogens with zero attached hydrogens (tertiary/aromatic N) is 3. The molecule has 3 aromatic rings. The molecule has 0 fully saturated rings. The first-order valence-electron chi connectivity index (χ1n) is 9.16. The van der Waals surface area contributed by atoms with E-state index in [1.807, 2.05) is 30.3 Å². The Morgan fingerprint density at radius 1 is 1.19 bits per heavy atom. The molecule has 0 aliphatic rings. The van der Waals surface area contributed by atoms with E-state index in [2.05, 4.69) is 27.2 Å². The molecule has 2 aromatic heterocycles. The molecule has 0 amide bonds. The third-order valence-electron chi connectivity index (χ3n) is 4.35. The number of nitrogen functional groups attached to an aromatic ring is 1. The van der Waals surface area contributed by atoms with Crippen LogP contribution in [-0.4, -0.2) is 32.7 Å². The zero-order valence-electron chi connectivity index (χ0n) is 15.4. The van der Waals surface area contributed by atoms with Crippen LogP contribution in [0.5, 0.6) is 5.75 Å². The highest BCUT2D eigenvalue weighted by Crippen LogP contribution is 2.26. The molecule has 7 nitrogen and oxygen atoms in total. The molecular weight excluding hydrogens is 342 g/mol.